The van der Waals surface area contributed by atoms with Crippen molar-refractivity contribution in [3.05, 3.63) is 41.6 Å². The zero-order chi connectivity index (χ0) is 17.9. The number of nitrogens with one attached hydrogen (secondary N) is 1. The average Bonchev–Trinajstić information content (AvgIpc) is 3.13. The molecule has 1 aliphatic carbocycles. The van der Waals surface area contributed by atoms with Crippen molar-refractivity contribution in [2.24, 2.45) is 5.41 Å². The second-order valence-corrected chi connectivity index (χ2v) is 6.89. The molecule has 26 heavy (non-hydrogen) atoms. The molecule has 0 bridgehead atoms. The van der Waals surface area contributed by atoms with Gasteiger partial charge in [0.2, 0.25) is 5.91 Å². The number of amides is 1. The Morgan fingerprint density at radius 2 is 2.27 bits per heavy atom. The molecular weight excluding hydrogens is 336 g/mol. The Morgan fingerprint density at radius 1 is 1.38 bits per heavy atom. The minimum atomic E-state index is -0.828. The van der Waals surface area contributed by atoms with Crippen LogP contribution in [0.5, 0.6) is 17.2 Å². The third-order valence-corrected chi connectivity index (χ3v) is 5.47. The fraction of sp³-hybridized carbons (Fsp3) is 0.316. The molecule has 0 radical (unpaired) electrons. The molecular formula is C19H16N2O5. The molecule has 3 heterocycles. The zero-order valence-electron chi connectivity index (χ0n) is 13.8. The standard InChI is InChI=1S/C19H16N2O5/c22-8-19(9-23)16-12-7-10(1-3-13(12)26-17(16)19)25-14-5-6-20-18-11(14)2-4-15(24)21-18/h1,3,5-8,16-17,23H,2,4,9H2,(H,20,21,24). The van der Waals surface area contributed by atoms with Crippen LogP contribution in [0.2, 0.25) is 0 Å². The lowest BCUT2D eigenvalue weighted by Crippen LogP contribution is -2.20. The van der Waals surface area contributed by atoms with Gasteiger partial charge in [-0.25, -0.2) is 4.98 Å². The van der Waals surface area contributed by atoms with Gasteiger partial charge in [0.1, 0.15) is 35.5 Å². The van der Waals surface area contributed by atoms with Gasteiger partial charge in [-0.05, 0) is 30.7 Å². The van der Waals surface area contributed by atoms with E-state index in [1.165, 1.54) is 0 Å². The summed E-state index contributed by atoms with van der Waals surface area (Å²) in [7, 11) is 0. The lowest BCUT2D eigenvalue weighted by Gasteiger charge is -2.19. The Kier molecular flexibility index (Phi) is 3.12. The monoisotopic (exact) mass is 352 g/mol. The van der Waals surface area contributed by atoms with Crippen LogP contribution in [0.1, 0.15) is 23.5 Å². The second-order valence-electron chi connectivity index (χ2n) is 6.89. The largest absolute Gasteiger partial charge is 0.488 e. The molecule has 3 atom stereocenters. The van der Waals surface area contributed by atoms with E-state index in [1.807, 2.05) is 12.1 Å². The van der Waals surface area contributed by atoms with Crippen molar-refractivity contribution < 1.29 is 24.2 Å². The third-order valence-electron chi connectivity index (χ3n) is 5.47. The minimum Gasteiger partial charge on any atom is -0.488 e. The molecule has 1 saturated carbocycles. The topological polar surface area (TPSA) is 97.8 Å². The number of carbonyl (C=O) groups excluding carboxylic acids is 2. The average molecular weight is 352 g/mol. The summed E-state index contributed by atoms with van der Waals surface area (Å²) in [5.74, 6) is 2.33. The van der Waals surface area contributed by atoms with Crippen LogP contribution in [0.4, 0.5) is 5.82 Å². The normalized spacial score (nSPS) is 27.5. The number of hydrogen-bond donors (Lipinski definition) is 2. The van der Waals surface area contributed by atoms with Crippen LogP contribution in [0.3, 0.4) is 0 Å². The third kappa shape index (κ3) is 2.00. The summed E-state index contributed by atoms with van der Waals surface area (Å²) in [4.78, 5) is 27.1. The molecule has 1 fully saturated rings. The summed E-state index contributed by atoms with van der Waals surface area (Å²) in [6.07, 6.45) is 3.06. The van der Waals surface area contributed by atoms with Gasteiger partial charge in [0.15, 0.2) is 0 Å². The molecule has 1 amide bonds. The predicted octanol–water partition coefficient (Wildman–Crippen LogP) is 1.79. The van der Waals surface area contributed by atoms with Gasteiger partial charge in [0, 0.05) is 29.7 Å². The van der Waals surface area contributed by atoms with Crippen molar-refractivity contribution in [3.8, 4) is 17.2 Å². The van der Waals surface area contributed by atoms with Crippen LogP contribution in [0.25, 0.3) is 0 Å². The van der Waals surface area contributed by atoms with E-state index in [-0.39, 0.29) is 24.5 Å². The fourth-order valence-corrected chi connectivity index (χ4v) is 3.98. The molecule has 3 aliphatic rings. The molecule has 2 aromatic rings. The number of benzene rings is 1. The lowest BCUT2D eigenvalue weighted by atomic mass is 10.00. The summed E-state index contributed by atoms with van der Waals surface area (Å²) in [6.45, 7) is -0.228. The van der Waals surface area contributed by atoms with E-state index in [0.717, 1.165) is 23.2 Å². The van der Waals surface area contributed by atoms with Crippen LogP contribution < -0.4 is 14.8 Å². The number of pyridine rings is 1. The van der Waals surface area contributed by atoms with Crippen molar-refractivity contribution >= 4 is 18.0 Å². The Labute approximate surface area is 149 Å². The summed E-state index contributed by atoms with van der Waals surface area (Å²) < 4.78 is 11.8. The highest BCUT2D eigenvalue weighted by atomic mass is 16.5. The van der Waals surface area contributed by atoms with Gasteiger partial charge in [0.05, 0.1) is 12.0 Å². The highest BCUT2D eigenvalue weighted by Gasteiger charge is 2.71. The van der Waals surface area contributed by atoms with E-state index >= 15 is 0 Å². The van der Waals surface area contributed by atoms with Gasteiger partial charge in [-0.3, -0.25) is 4.79 Å². The second kappa shape index (κ2) is 5.28. The van der Waals surface area contributed by atoms with Crippen LogP contribution in [0.15, 0.2) is 30.5 Å². The number of fused-ring (bicyclic) bond motifs is 4. The summed E-state index contributed by atoms with van der Waals surface area (Å²) in [5, 5.41) is 12.3. The van der Waals surface area contributed by atoms with E-state index in [1.54, 1.807) is 18.3 Å². The lowest BCUT2D eigenvalue weighted by molar-refractivity contribution is -0.116. The number of aliphatic hydroxyl groups is 1. The van der Waals surface area contributed by atoms with E-state index in [4.69, 9.17) is 9.47 Å². The van der Waals surface area contributed by atoms with Gasteiger partial charge in [-0.1, -0.05) is 0 Å². The molecule has 7 nitrogen and oxygen atoms in total. The van der Waals surface area contributed by atoms with E-state index in [0.29, 0.717) is 30.2 Å². The molecule has 0 spiro atoms. The van der Waals surface area contributed by atoms with Gasteiger partial charge >= 0.3 is 0 Å². The molecule has 1 aromatic heterocycles. The Morgan fingerprint density at radius 3 is 3.08 bits per heavy atom. The molecule has 132 valence electrons. The van der Waals surface area contributed by atoms with E-state index < -0.39 is 5.41 Å². The van der Waals surface area contributed by atoms with Gasteiger partial charge < -0.3 is 24.7 Å². The number of anilines is 1. The van der Waals surface area contributed by atoms with Crippen LogP contribution >= 0.6 is 0 Å². The number of ether oxygens (including phenoxy) is 2. The number of rotatable bonds is 4. The first-order valence-corrected chi connectivity index (χ1v) is 8.49. The highest BCUT2D eigenvalue weighted by molar-refractivity contribution is 5.93. The van der Waals surface area contributed by atoms with Gasteiger partial charge in [-0.2, -0.15) is 0 Å². The number of aliphatic hydroxyl groups excluding tert-OH is 1. The Hall–Kier alpha value is -2.93. The number of carbonyl (C=O) groups is 2. The summed E-state index contributed by atoms with van der Waals surface area (Å²) >= 11 is 0. The van der Waals surface area contributed by atoms with Crippen LogP contribution in [-0.2, 0) is 16.0 Å². The molecule has 1 aromatic carbocycles. The van der Waals surface area contributed by atoms with Crippen molar-refractivity contribution in [1.82, 2.24) is 4.98 Å². The fourth-order valence-electron chi connectivity index (χ4n) is 3.98. The van der Waals surface area contributed by atoms with Crippen molar-refractivity contribution in [2.45, 2.75) is 24.9 Å². The summed E-state index contributed by atoms with van der Waals surface area (Å²) in [5.41, 5.74) is 0.918. The molecule has 0 saturated heterocycles. The number of nitrogens with zero attached hydrogens (tertiary/aromatic N) is 1. The maximum absolute atomic E-state index is 11.5. The van der Waals surface area contributed by atoms with Crippen molar-refractivity contribution in [2.75, 3.05) is 11.9 Å². The predicted molar refractivity (Wildman–Crippen MR) is 90.4 cm³/mol. The molecule has 3 unspecified atom stereocenters. The Bertz CT molecular complexity index is 944. The maximum Gasteiger partial charge on any atom is 0.225 e. The minimum absolute atomic E-state index is 0.0502. The molecule has 7 heteroatoms. The smallest absolute Gasteiger partial charge is 0.225 e. The number of aldehydes is 1. The zero-order valence-corrected chi connectivity index (χ0v) is 13.8. The first kappa shape index (κ1) is 15.3. The highest BCUT2D eigenvalue weighted by Crippen LogP contribution is 2.66. The molecule has 2 aliphatic heterocycles. The van der Waals surface area contributed by atoms with Crippen molar-refractivity contribution in [3.63, 3.8) is 0 Å². The first-order chi connectivity index (χ1) is 12.7. The Balaban J connectivity index is 1.46. The molecule has 5 rings (SSSR count). The van der Waals surface area contributed by atoms with E-state index in [2.05, 4.69) is 10.3 Å². The summed E-state index contributed by atoms with van der Waals surface area (Å²) in [6, 6.07) is 7.25. The van der Waals surface area contributed by atoms with Crippen molar-refractivity contribution in [1.29, 1.82) is 0 Å². The van der Waals surface area contributed by atoms with Gasteiger partial charge in [0.25, 0.3) is 0 Å². The van der Waals surface area contributed by atoms with E-state index in [9.17, 15) is 14.7 Å². The van der Waals surface area contributed by atoms with Gasteiger partial charge in [-0.15, -0.1) is 0 Å². The van der Waals surface area contributed by atoms with Crippen LogP contribution in [-0.4, -0.2) is 35.0 Å². The number of hydrogen-bond acceptors (Lipinski definition) is 6. The molecule has 2 N–H and O–H groups in total. The van der Waals surface area contributed by atoms with Crippen LogP contribution in [0, 0.1) is 5.41 Å². The maximum atomic E-state index is 11.5. The first-order valence-electron chi connectivity index (χ1n) is 8.49. The quantitative estimate of drug-likeness (QED) is 0.814. The number of aromatic nitrogens is 1. The SMILES string of the molecule is O=CC1(CO)C2Oc3ccc(Oc4ccnc5c4CCC(=O)N5)cc3C21.